The van der Waals surface area contributed by atoms with Gasteiger partial charge in [0.1, 0.15) is 12.4 Å². The van der Waals surface area contributed by atoms with Gasteiger partial charge in [0, 0.05) is 5.56 Å². The van der Waals surface area contributed by atoms with Crippen LogP contribution in [0.4, 0.5) is 4.79 Å². The highest BCUT2D eigenvalue weighted by Crippen LogP contribution is 2.31. The van der Waals surface area contributed by atoms with Gasteiger partial charge in [-0.1, -0.05) is 36.4 Å². The summed E-state index contributed by atoms with van der Waals surface area (Å²) < 4.78 is 10.3. The predicted octanol–water partition coefficient (Wildman–Crippen LogP) is 4.09. The first kappa shape index (κ1) is 13.4. The van der Waals surface area contributed by atoms with Gasteiger partial charge in [-0.3, -0.25) is 0 Å². The average Bonchev–Trinajstić information content (AvgIpc) is 2.42. The van der Waals surface area contributed by atoms with Gasteiger partial charge in [0.15, 0.2) is 0 Å². The van der Waals surface area contributed by atoms with Crippen molar-refractivity contribution in [1.82, 2.24) is 0 Å². The molecule has 0 fully saturated rings. The average molecular weight is 258 g/mol. The molecule has 0 amide bonds. The topological polar surface area (TPSA) is 35.5 Å². The molecule has 0 saturated heterocycles. The summed E-state index contributed by atoms with van der Waals surface area (Å²) in [5.41, 5.74) is 3.29. The minimum absolute atomic E-state index is 0.239. The van der Waals surface area contributed by atoms with Gasteiger partial charge >= 0.3 is 6.16 Å². The summed E-state index contributed by atoms with van der Waals surface area (Å²) in [6.45, 7) is 4.10. The van der Waals surface area contributed by atoms with Crippen LogP contribution < -0.4 is 0 Å². The molecular formula is C16H18O3. The van der Waals surface area contributed by atoms with Crippen LogP contribution in [0.1, 0.15) is 31.4 Å². The van der Waals surface area contributed by atoms with Gasteiger partial charge < -0.3 is 9.47 Å². The first-order chi connectivity index (χ1) is 9.22. The standard InChI is InChI=1S/C16H18O3/c1-3-4-11-18-16(17)19-15-12(2)9-10-13-7-5-6-8-14(13)15/h3-8H,9-11H2,1-2H3/b4-3+. The third kappa shape index (κ3) is 3.25. The van der Waals surface area contributed by atoms with Crippen LogP contribution in [-0.2, 0) is 15.9 Å². The monoisotopic (exact) mass is 258 g/mol. The van der Waals surface area contributed by atoms with Crippen LogP contribution in [-0.4, -0.2) is 12.8 Å². The van der Waals surface area contributed by atoms with E-state index in [0.29, 0.717) is 5.76 Å². The molecule has 0 saturated carbocycles. The second-order valence-electron chi connectivity index (χ2n) is 4.50. The van der Waals surface area contributed by atoms with Gasteiger partial charge in [0.05, 0.1) is 0 Å². The van der Waals surface area contributed by atoms with Crippen LogP contribution in [0.3, 0.4) is 0 Å². The van der Waals surface area contributed by atoms with E-state index in [0.717, 1.165) is 24.0 Å². The Balaban J connectivity index is 2.12. The van der Waals surface area contributed by atoms with E-state index in [2.05, 4.69) is 6.07 Å². The molecule has 1 aromatic carbocycles. The summed E-state index contributed by atoms with van der Waals surface area (Å²) in [7, 11) is 0. The Bertz CT molecular complexity index is 527. The lowest BCUT2D eigenvalue weighted by atomic mass is 9.91. The van der Waals surface area contributed by atoms with Crippen molar-refractivity contribution in [1.29, 1.82) is 0 Å². The van der Waals surface area contributed by atoms with Crippen molar-refractivity contribution in [3.8, 4) is 0 Å². The molecule has 100 valence electrons. The number of fused-ring (bicyclic) bond motifs is 1. The molecule has 0 N–H and O–H groups in total. The molecule has 0 atom stereocenters. The minimum atomic E-state index is -0.649. The fourth-order valence-corrected chi connectivity index (χ4v) is 2.09. The number of ether oxygens (including phenoxy) is 2. The molecule has 3 heteroatoms. The lowest BCUT2D eigenvalue weighted by Gasteiger charge is -2.20. The van der Waals surface area contributed by atoms with Crippen LogP contribution >= 0.6 is 0 Å². The van der Waals surface area contributed by atoms with E-state index in [4.69, 9.17) is 9.47 Å². The van der Waals surface area contributed by atoms with E-state index in [1.165, 1.54) is 5.56 Å². The SMILES string of the molecule is C/C=C/COC(=O)OC1=C(C)CCc2ccccc21. The number of aryl methyl sites for hydroxylation is 1. The summed E-state index contributed by atoms with van der Waals surface area (Å²) in [5, 5.41) is 0. The molecule has 0 spiro atoms. The number of allylic oxidation sites excluding steroid dienone is 2. The van der Waals surface area contributed by atoms with E-state index in [1.807, 2.05) is 38.1 Å². The maximum absolute atomic E-state index is 11.6. The zero-order chi connectivity index (χ0) is 13.7. The molecule has 0 bridgehead atoms. The molecule has 0 unspecified atom stereocenters. The van der Waals surface area contributed by atoms with Crippen molar-refractivity contribution in [2.45, 2.75) is 26.7 Å². The van der Waals surface area contributed by atoms with Crippen LogP contribution in [0.5, 0.6) is 0 Å². The van der Waals surface area contributed by atoms with Crippen LogP contribution in [0.2, 0.25) is 0 Å². The highest BCUT2D eigenvalue weighted by atomic mass is 16.7. The molecule has 0 aliphatic heterocycles. The Hall–Kier alpha value is -2.03. The van der Waals surface area contributed by atoms with Crippen molar-refractivity contribution < 1.29 is 14.3 Å². The number of hydrogen-bond acceptors (Lipinski definition) is 3. The fourth-order valence-electron chi connectivity index (χ4n) is 2.09. The van der Waals surface area contributed by atoms with Crippen molar-refractivity contribution in [2.24, 2.45) is 0 Å². The zero-order valence-corrected chi connectivity index (χ0v) is 11.3. The molecule has 0 radical (unpaired) electrons. The van der Waals surface area contributed by atoms with Gasteiger partial charge in [-0.2, -0.15) is 0 Å². The lowest BCUT2D eigenvalue weighted by Crippen LogP contribution is -2.12. The summed E-state index contributed by atoms with van der Waals surface area (Å²) in [4.78, 5) is 11.6. The first-order valence-corrected chi connectivity index (χ1v) is 6.46. The molecule has 1 aliphatic rings. The second-order valence-corrected chi connectivity index (χ2v) is 4.50. The van der Waals surface area contributed by atoms with E-state index in [9.17, 15) is 4.79 Å². The van der Waals surface area contributed by atoms with E-state index in [1.54, 1.807) is 6.08 Å². The Morgan fingerprint density at radius 3 is 2.89 bits per heavy atom. The molecular weight excluding hydrogens is 240 g/mol. The van der Waals surface area contributed by atoms with Crippen molar-refractivity contribution in [3.63, 3.8) is 0 Å². The largest absolute Gasteiger partial charge is 0.514 e. The minimum Gasteiger partial charge on any atom is -0.430 e. The van der Waals surface area contributed by atoms with Crippen LogP contribution in [0, 0.1) is 0 Å². The number of carbonyl (C=O) groups excluding carboxylic acids is 1. The fraction of sp³-hybridized carbons (Fsp3) is 0.312. The maximum atomic E-state index is 11.6. The maximum Gasteiger partial charge on any atom is 0.514 e. The Labute approximate surface area is 113 Å². The molecule has 1 aliphatic carbocycles. The summed E-state index contributed by atoms with van der Waals surface area (Å²) in [6, 6.07) is 8.00. The zero-order valence-electron chi connectivity index (χ0n) is 11.3. The van der Waals surface area contributed by atoms with Crippen LogP contribution in [0.15, 0.2) is 42.0 Å². The Morgan fingerprint density at radius 2 is 2.11 bits per heavy atom. The van der Waals surface area contributed by atoms with Gasteiger partial charge in [0.2, 0.25) is 0 Å². The molecule has 0 aromatic heterocycles. The third-order valence-corrected chi connectivity index (χ3v) is 3.14. The number of rotatable bonds is 3. The van der Waals surface area contributed by atoms with Gasteiger partial charge in [-0.15, -0.1) is 0 Å². The highest BCUT2D eigenvalue weighted by molar-refractivity contribution is 5.76. The normalized spacial score (nSPS) is 14.4. The summed E-state index contributed by atoms with van der Waals surface area (Å²) >= 11 is 0. The summed E-state index contributed by atoms with van der Waals surface area (Å²) in [6.07, 6.45) is 4.84. The van der Waals surface area contributed by atoms with E-state index >= 15 is 0 Å². The molecule has 19 heavy (non-hydrogen) atoms. The van der Waals surface area contributed by atoms with Crippen molar-refractivity contribution in [2.75, 3.05) is 6.61 Å². The number of benzene rings is 1. The number of carbonyl (C=O) groups is 1. The van der Waals surface area contributed by atoms with E-state index < -0.39 is 6.16 Å². The summed E-state index contributed by atoms with van der Waals surface area (Å²) in [5.74, 6) is 0.646. The van der Waals surface area contributed by atoms with Gasteiger partial charge in [-0.05, 0) is 37.8 Å². The lowest BCUT2D eigenvalue weighted by molar-refractivity contribution is 0.0998. The predicted molar refractivity (Wildman–Crippen MR) is 74.6 cm³/mol. The first-order valence-electron chi connectivity index (χ1n) is 6.46. The van der Waals surface area contributed by atoms with Gasteiger partial charge in [-0.25, -0.2) is 4.79 Å². The molecule has 3 nitrogen and oxygen atoms in total. The van der Waals surface area contributed by atoms with Gasteiger partial charge in [0.25, 0.3) is 0 Å². The van der Waals surface area contributed by atoms with Crippen molar-refractivity contribution >= 4 is 11.9 Å². The quantitative estimate of drug-likeness (QED) is 0.605. The molecule has 2 rings (SSSR count). The highest BCUT2D eigenvalue weighted by Gasteiger charge is 2.20. The molecule has 0 heterocycles. The Morgan fingerprint density at radius 1 is 1.32 bits per heavy atom. The second kappa shape index (κ2) is 6.23. The Kier molecular flexibility index (Phi) is 4.39. The smallest absolute Gasteiger partial charge is 0.430 e. The van der Waals surface area contributed by atoms with Crippen molar-refractivity contribution in [3.05, 3.63) is 53.1 Å². The van der Waals surface area contributed by atoms with Crippen LogP contribution in [0.25, 0.3) is 5.76 Å². The number of hydrogen-bond donors (Lipinski definition) is 0. The third-order valence-electron chi connectivity index (χ3n) is 3.14. The molecule has 1 aromatic rings. The van der Waals surface area contributed by atoms with E-state index in [-0.39, 0.29) is 6.61 Å².